The van der Waals surface area contributed by atoms with E-state index in [1.165, 1.54) is 11.1 Å². The van der Waals surface area contributed by atoms with Crippen molar-refractivity contribution in [2.24, 2.45) is 0 Å². The molecule has 0 fully saturated rings. The van der Waals surface area contributed by atoms with Crippen molar-refractivity contribution < 1.29 is 4.43 Å². The zero-order valence-corrected chi connectivity index (χ0v) is 14.3. The third-order valence-electron chi connectivity index (χ3n) is 4.23. The van der Waals surface area contributed by atoms with Gasteiger partial charge in [-0.25, -0.2) is 0 Å². The van der Waals surface area contributed by atoms with Crippen molar-refractivity contribution in [1.29, 1.82) is 0 Å². The normalized spacial score (nSPS) is 19.3. The van der Waals surface area contributed by atoms with E-state index < -0.39 is 13.9 Å². The van der Waals surface area contributed by atoms with Crippen LogP contribution in [0.1, 0.15) is 11.1 Å². The van der Waals surface area contributed by atoms with Gasteiger partial charge in [-0.15, -0.1) is 0 Å². The van der Waals surface area contributed by atoms with Gasteiger partial charge in [-0.2, -0.15) is 0 Å². The number of rotatable bonds is 3. The molecule has 0 saturated heterocycles. The van der Waals surface area contributed by atoms with Crippen molar-refractivity contribution >= 4 is 8.32 Å². The summed E-state index contributed by atoms with van der Waals surface area (Å²) in [6.45, 7) is 8.61. The quantitative estimate of drug-likeness (QED) is 0.701. The maximum absolute atomic E-state index is 6.84. The predicted molar refractivity (Wildman–Crippen MR) is 95.3 cm³/mol. The van der Waals surface area contributed by atoms with E-state index in [0.29, 0.717) is 0 Å². The molecule has 0 aliphatic carbocycles. The molecule has 1 aliphatic heterocycles. The van der Waals surface area contributed by atoms with Gasteiger partial charge in [0.05, 0.1) is 0 Å². The minimum absolute atomic E-state index is 0.530. The smallest absolute Gasteiger partial charge is 0.192 e. The van der Waals surface area contributed by atoms with Crippen molar-refractivity contribution in [2.75, 3.05) is 0 Å². The number of benzene rings is 2. The van der Waals surface area contributed by atoms with Crippen LogP contribution in [0.4, 0.5) is 0 Å². The molecule has 0 bridgehead atoms. The molecule has 22 heavy (non-hydrogen) atoms. The van der Waals surface area contributed by atoms with Gasteiger partial charge in [-0.05, 0) is 35.8 Å². The van der Waals surface area contributed by atoms with Crippen LogP contribution in [0, 0.1) is 0 Å². The lowest BCUT2D eigenvalue weighted by atomic mass is 9.80. The molecule has 2 heteroatoms. The van der Waals surface area contributed by atoms with Gasteiger partial charge in [0.2, 0.25) is 0 Å². The lowest BCUT2D eigenvalue weighted by molar-refractivity contribution is 0.138. The molecule has 3 rings (SSSR count). The summed E-state index contributed by atoms with van der Waals surface area (Å²) in [4.78, 5) is 0. The second-order valence-corrected chi connectivity index (χ2v) is 10.5. The van der Waals surface area contributed by atoms with E-state index in [0.717, 1.165) is 11.6 Å². The first kappa shape index (κ1) is 15.0. The van der Waals surface area contributed by atoms with E-state index in [2.05, 4.69) is 74.3 Å². The standard InChI is InChI=1S/C20H22OSi/c1-4-17-15-16-22(2,3)21-20(17,18-11-7-5-8-12-18)19-13-9-6-10-14-19/h4-15H,1,16H2,2-3H3. The van der Waals surface area contributed by atoms with E-state index >= 15 is 0 Å². The molecular weight excluding hydrogens is 284 g/mol. The predicted octanol–water partition coefficient (Wildman–Crippen LogP) is 5.28. The molecule has 0 amide bonds. The van der Waals surface area contributed by atoms with Crippen LogP contribution >= 0.6 is 0 Å². The average Bonchev–Trinajstić information content (AvgIpc) is 2.55. The van der Waals surface area contributed by atoms with E-state index in [9.17, 15) is 0 Å². The van der Waals surface area contributed by atoms with E-state index in [1.54, 1.807) is 0 Å². The molecule has 2 aromatic carbocycles. The van der Waals surface area contributed by atoms with Crippen molar-refractivity contribution in [3.63, 3.8) is 0 Å². The Morgan fingerprint density at radius 3 is 1.91 bits per heavy atom. The summed E-state index contributed by atoms with van der Waals surface area (Å²) >= 11 is 0. The van der Waals surface area contributed by atoms with Gasteiger partial charge in [0.25, 0.3) is 0 Å². The van der Waals surface area contributed by atoms with Crippen LogP contribution in [0.2, 0.25) is 19.1 Å². The van der Waals surface area contributed by atoms with Crippen LogP contribution in [-0.2, 0) is 10.0 Å². The Kier molecular flexibility index (Phi) is 3.90. The first-order chi connectivity index (χ1) is 10.6. The Balaban J connectivity index is 2.30. The first-order valence-corrected chi connectivity index (χ1v) is 10.8. The van der Waals surface area contributed by atoms with E-state index in [-0.39, 0.29) is 0 Å². The summed E-state index contributed by atoms with van der Waals surface area (Å²) in [5.74, 6) is 0. The van der Waals surface area contributed by atoms with Crippen molar-refractivity contribution in [2.45, 2.75) is 24.7 Å². The Labute approximate surface area is 134 Å². The van der Waals surface area contributed by atoms with Crippen LogP contribution in [0.3, 0.4) is 0 Å². The Hall–Kier alpha value is -1.90. The third-order valence-corrected chi connectivity index (χ3v) is 6.28. The van der Waals surface area contributed by atoms with Crippen molar-refractivity contribution in [3.05, 3.63) is 96.1 Å². The summed E-state index contributed by atoms with van der Waals surface area (Å²) in [5, 5.41) is 0. The van der Waals surface area contributed by atoms with Crippen molar-refractivity contribution in [3.8, 4) is 0 Å². The van der Waals surface area contributed by atoms with Gasteiger partial charge in [0, 0.05) is 0 Å². The van der Waals surface area contributed by atoms with Gasteiger partial charge >= 0.3 is 0 Å². The number of hydrogen-bond acceptors (Lipinski definition) is 1. The molecule has 1 nitrogen and oxygen atoms in total. The van der Waals surface area contributed by atoms with Gasteiger partial charge in [0.1, 0.15) is 5.60 Å². The molecule has 0 unspecified atom stereocenters. The molecule has 0 aromatic heterocycles. The van der Waals surface area contributed by atoms with Crippen molar-refractivity contribution in [1.82, 2.24) is 0 Å². The molecule has 0 saturated carbocycles. The minimum Gasteiger partial charge on any atom is -0.400 e. The fraction of sp³-hybridized carbons (Fsp3) is 0.200. The Morgan fingerprint density at radius 1 is 0.955 bits per heavy atom. The molecule has 0 spiro atoms. The highest BCUT2D eigenvalue weighted by atomic mass is 28.4. The zero-order valence-electron chi connectivity index (χ0n) is 13.3. The van der Waals surface area contributed by atoms with Crippen LogP contribution in [0.15, 0.2) is 85.0 Å². The maximum Gasteiger partial charge on any atom is 0.192 e. The van der Waals surface area contributed by atoms with E-state index in [1.807, 2.05) is 18.2 Å². The molecular formula is C20H22OSi. The summed E-state index contributed by atoms with van der Waals surface area (Å²) in [5.41, 5.74) is 2.97. The highest BCUT2D eigenvalue weighted by Crippen LogP contribution is 2.46. The maximum atomic E-state index is 6.84. The van der Waals surface area contributed by atoms with Crippen LogP contribution in [-0.4, -0.2) is 8.32 Å². The van der Waals surface area contributed by atoms with Crippen LogP contribution in [0.5, 0.6) is 0 Å². The second kappa shape index (κ2) is 5.71. The summed E-state index contributed by atoms with van der Waals surface area (Å²) < 4.78 is 6.84. The zero-order chi connectivity index (χ0) is 15.6. The largest absolute Gasteiger partial charge is 0.400 e. The second-order valence-electron chi connectivity index (χ2n) is 6.34. The molecule has 0 radical (unpaired) electrons. The fourth-order valence-corrected chi connectivity index (χ4v) is 5.18. The summed E-state index contributed by atoms with van der Waals surface area (Å²) in [6.07, 6.45) is 4.27. The Bertz CT molecular complexity index is 647. The topological polar surface area (TPSA) is 9.23 Å². The molecule has 0 atom stereocenters. The third kappa shape index (κ3) is 2.49. The highest BCUT2D eigenvalue weighted by Gasteiger charge is 2.45. The van der Waals surface area contributed by atoms with Crippen LogP contribution < -0.4 is 0 Å². The molecule has 112 valence electrons. The molecule has 1 heterocycles. The lowest BCUT2D eigenvalue weighted by Gasteiger charge is -2.45. The van der Waals surface area contributed by atoms with Gasteiger partial charge in [0.15, 0.2) is 8.32 Å². The minimum atomic E-state index is -1.77. The number of hydrogen-bond donors (Lipinski definition) is 0. The summed E-state index contributed by atoms with van der Waals surface area (Å²) in [7, 11) is -1.77. The highest BCUT2D eigenvalue weighted by molar-refractivity contribution is 6.72. The average molecular weight is 306 g/mol. The molecule has 0 N–H and O–H groups in total. The summed E-state index contributed by atoms with van der Waals surface area (Å²) in [6, 6.07) is 22.0. The van der Waals surface area contributed by atoms with Gasteiger partial charge < -0.3 is 4.43 Å². The number of allylic oxidation sites excluding steroid dienone is 1. The monoisotopic (exact) mass is 306 g/mol. The van der Waals surface area contributed by atoms with Gasteiger partial charge in [-0.3, -0.25) is 0 Å². The molecule has 2 aromatic rings. The van der Waals surface area contributed by atoms with Crippen LogP contribution in [0.25, 0.3) is 0 Å². The van der Waals surface area contributed by atoms with E-state index in [4.69, 9.17) is 4.43 Å². The lowest BCUT2D eigenvalue weighted by Crippen LogP contribution is -2.47. The SMILES string of the molecule is C=CC1=CC[Si](C)(C)OC1(c1ccccc1)c1ccccc1. The first-order valence-electron chi connectivity index (χ1n) is 7.73. The fourth-order valence-electron chi connectivity index (χ4n) is 3.21. The molecule has 1 aliphatic rings. The van der Waals surface area contributed by atoms with Gasteiger partial charge in [-0.1, -0.05) is 79.4 Å². The Morgan fingerprint density at radius 2 is 1.45 bits per heavy atom.